The molecule has 2 N–H and O–H groups in total. The second kappa shape index (κ2) is 5.27. The Labute approximate surface area is 110 Å². The van der Waals surface area contributed by atoms with E-state index in [2.05, 4.69) is 15.3 Å². The van der Waals surface area contributed by atoms with Crippen LogP contribution in [0.5, 0.6) is 0 Å². The molecule has 2 heterocycles. The molecule has 0 unspecified atom stereocenters. The van der Waals surface area contributed by atoms with Crippen molar-refractivity contribution in [3.05, 3.63) is 30.1 Å². The van der Waals surface area contributed by atoms with Crippen molar-refractivity contribution < 1.29 is 9.53 Å². The number of nitrogens with zero attached hydrogens (tertiary/aromatic N) is 2. The van der Waals surface area contributed by atoms with Crippen LogP contribution in [0.1, 0.15) is 5.82 Å². The highest BCUT2D eigenvalue weighted by Crippen LogP contribution is 2.10. The second-order valence-electron chi connectivity index (χ2n) is 4.46. The molecule has 0 spiro atoms. The minimum Gasteiger partial charge on any atom is -0.378 e. The van der Waals surface area contributed by atoms with Gasteiger partial charge in [-0.1, -0.05) is 12.1 Å². The fourth-order valence-corrected chi connectivity index (χ4v) is 2.13. The van der Waals surface area contributed by atoms with Gasteiger partial charge in [0, 0.05) is 13.1 Å². The minimum atomic E-state index is -0.0660. The van der Waals surface area contributed by atoms with Gasteiger partial charge in [-0.15, -0.1) is 0 Å². The summed E-state index contributed by atoms with van der Waals surface area (Å²) in [5, 5.41) is 2.87. The van der Waals surface area contributed by atoms with Gasteiger partial charge in [-0.2, -0.15) is 0 Å². The summed E-state index contributed by atoms with van der Waals surface area (Å²) in [7, 11) is 0. The van der Waals surface area contributed by atoms with Crippen LogP contribution < -0.4 is 5.32 Å². The lowest BCUT2D eigenvalue weighted by Gasteiger charge is -2.26. The number of amides is 2. The van der Waals surface area contributed by atoms with Crippen LogP contribution in [0.15, 0.2) is 24.3 Å². The largest absolute Gasteiger partial charge is 0.378 e. The summed E-state index contributed by atoms with van der Waals surface area (Å²) in [5.41, 5.74) is 1.90. The molecular weight excluding hydrogens is 244 g/mol. The molecule has 1 aromatic carbocycles. The molecule has 1 saturated heterocycles. The second-order valence-corrected chi connectivity index (χ2v) is 4.46. The van der Waals surface area contributed by atoms with Crippen LogP contribution in [-0.2, 0) is 11.3 Å². The van der Waals surface area contributed by atoms with Crippen LogP contribution in [-0.4, -0.2) is 47.2 Å². The van der Waals surface area contributed by atoms with Gasteiger partial charge in [-0.05, 0) is 12.1 Å². The van der Waals surface area contributed by atoms with Gasteiger partial charge in [0.2, 0.25) is 0 Å². The Bertz CT molecular complexity index is 542. The highest BCUT2D eigenvalue weighted by atomic mass is 16.5. The van der Waals surface area contributed by atoms with E-state index in [1.165, 1.54) is 0 Å². The Morgan fingerprint density at radius 1 is 1.37 bits per heavy atom. The zero-order valence-electron chi connectivity index (χ0n) is 10.6. The zero-order chi connectivity index (χ0) is 13.1. The molecule has 1 aliphatic rings. The van der Waals surface area contributed by atoms with Gasteiger partial charge < -0.3 is 19.9 Å². The van der Waals surface area contributed by atoms with Gasteiger partial charge in [0.05, 0.1) is 30.8 Å². The van der Waals surface area contributed by atoms with Crippen molar-refractivity contribution in [1.29, 1.82) is 0 Å². The van der Waals surface area contributed by atoms with E-state index in [1.807, 2.05) is 24.3 Å². The zero-order valence-corrected chi connectivity index (χ0v) is 10.6. The minimum absolute atomic E-state index is 0.0660. The van der Waals surface area contributed by atoms with Crippen LogP contribution in [0, 0.1) is 0 Å². The number of fused-ring (bicyclic) bond motifs is 1. The number of ether oxygens (including phenoxy) is 1. The monoisotopic (exact) mass is 260 g/mol. The maximum absolute atomic E-state index is 11.9. The van der Waals surface area contributed by atoms with Crippen molar-refractivity contribution in [3.8, 4) is 0 Å². The molecule has 2 aromatic rings. The number of hydrogen-bond acceptors (Lipinski definition) is 3. The van der Waals surface area contributed by atoms with Gasteiger partial charge >= 0.3 is 6.03 Å². The summed E-state index contributed by atoms with van der Waals surface area (Å²) < 4.78 is 5.21. The summed E-state index contributed by atoms with van der Waals surface area (Å²) in [6.45, 7) is 2.92. The van der Waals surface area contributed by atoms with Crippen LogP contribution in [0.25, 0.3) is 11.0 Å². The first kappa shape index (κ1) is 12.0. The maximum Gasteiger partial charge on any atom is 0.317 e. The molecule has 6 heteroatoms. The maximum atomic E-state index is 11.9. The third-order valence-corrected chi connectivity index (χ3v) is 3.14. The van der Waals surface area contributed by atoms with Gasteiger partial charge in [-0.3, -0.25) is 0 Å². The van der Waals surface area contributed by atoms with Crippen LogP contribution >= 0.6 is 0 Å². The molecule has 0 saturated carbocycles. The Balaban J connectivity index is 1.60. The summed E-state index contributed by atoms with van der Waals surface area (Å²) in [5.74, 6) is 0.766. The van der Waals surface area contributed by atoms with E-state index < -0.39 is 0 Å². The lowest BCUT2D eigenvalue weighted by Crippen LogP contribution is -2.46. The number of morpholine rings is 1. The third kappa shape index (κ3) is 2.68. The number of H-pyrrole nitrogens is 1. The van der Waals surface area contributed by atoms with E-state index in [4.69, 9.17) is 4.74 Å². The lowest BCUT2D eigenvalue weighted by atomic mass is 10.3. The molecule has 0 radical (unpaired) electrons. The van der Waals surface area contributed by atoms with Crippen molar-refractivity contribution in [2.45, 2.75) is 6.54 Å². The third-order valence-electron chi connectivity index (χ3n) is 3.14. The first-order valence-corrected chi connectivity index (χ1v) is 6.37. The average Bonchev–Trinajstić information content (AvgIpc) is 2.88. The molecule has 6 nitrogen and oxygen atoms in total. The molecule has 1 fully saturated rings. The van der Waals surface area contributed by atoms with Gasteiger partial charge in [0.1, 0.15) is 5.82 Å². The number of aromatic amines is 1. The molecule has 3 rings (SSSR count). The van der Waals surface area contributed by atoms with Crippen LogP contribution in [0.3, 0.4) is 0 Å². The number of carbonyl (C=O) groups is 1. The highest BCUT2D eigenvalue weighted by Gasteiger charge is 2.16. The van der Waals surface area contributed by atoms with Crippen LogP contribution in [0.2, 0.25) is 0 Å². The highest BCUT2D eigenvalue weighted by molar-refractivity contribution is 5.76. The predicted molar refractivity (Wildman–Crippen MR) is 70.7 cm³/mol. The fourth-order valence-electron chi connectivity index (χ4n) is 2.13. The van der Waals surface area contributed by atoms with Crippen molar-refractivity contribution in [2.75, 3.05) is 26.3 Å². The number of carbonyl (C=O) groups excluding carboxylic acids is 1. The van der Waals surface area contributed by atoms with Gasteiger partial charge in [0.15, 0.2) is 0 Å². The van der Waals surface area contributed by atoms with Crippen molar-refractivity contribution in [2.24, 2.45) is 0 Å². The van der Waals surface area contributed by atoms with E-state index in [9.17, 15) is 4.79 Å². The molecule has 2 amide bonds. The lowest BCUT2D eigenvalue weighted by molar-refractivity contribution is 0.0531. The van der Waals surface area contributed by atoms with Gasteiger partial charge in [0.25, 0.3) is 0 Å². The molecule has 1 aromatic heterocycles. The fraction of sp³-hybridized carbons (Fsp3) is 0.385. The number of benzene rings is 1. The van der Waals surface area contributed by atoms with E-state index in [0.717, 1.165) is 16.9 Å². The van der Waals surface area contributed by atoms with E-state index in [1.54, 1.807) is 4.90 Å². The number of nitrogens with one attached hydrogen (secondary N) is 2. The average molecular weight is 260 g/mol. The number of rotatable bonds is 2. The Morgan fingerprint density at radius 3 is 2.95 bits per heavy atom. The molecular formula is C13H16N4O2. The van der Waals surface area contributed by atoms with E-state index in [-0.39, 0.29) is 6.03 Å². The normalized spacial score (nSPS) is 15.7. The summed E-state index contributed by atoms with van der Waals surface area (Å²) in [6, 6.07) is 7.74. The van der Waals surface area contributed by atoms with E-state index >= 15 is 0 Å². The first-order valence-electron chi connectivity index (χ1n) is 6.37. The smallest absolute Gasteiger partial charge is 0.317 e. The topological polar surface area (TPSA) is 70.2 Å². The Hall–Kier alpha value is -2.08. The van der Waals surface area contributed by atoms with Crippen molar-refractivity contribution >= 4 is 17.1 Å². The Kier molecular flexibility index (Phi) is 3.33. The number of aromatic nitrogens is 2. The standard InChI is InChI=1S/C13H16N4O2/c18-13(17-5-7-19-8-6-17)14-9-12-15-10-3-1-2-4-11(10)16-12/h1-4H,5-9H2,(H,14,18)(H,15,16). The number of imidazole rings is 1. The van der Waals surface area contributed by atoms with Gasteiger partial charge in [-0.25, -0.2) is 9.78 Å². The molecule has 19 heavy (non-hydrogen) atoms. The quantitative estimate of drug-likeness (QED) is 0.849. The molecule has 100 valence electrons. The number of hydrogen-bond donors (Lipinski definition) is 2. The van der Waals surface area contributed by atoms with E-state index in [0.29, 0.717) is 32.8 Å². The summed E-state index contributed by atoms with van der Waals surface area (Å²) >= 11 is 0. The number of para-hydroxylation sites is 2. The summed E-state index contributed by atoms with van der Waals surface area (Å²) in [6.07, 6.45) is 0. The van der Waals surface area contributed by atoms with Crippen molar-refractivity contribution in [1.82, 2.24) is 20.2 Å². The molecule has 0 aliphatic carbocycles. The predicted octanol–water partition coefficient (Wildman–Crippen LogP) is 1.10. The molecule has 0 bridgehead atoms. The SMILES string of the molecule is O=C(NCc1nc2ccccc2[nH]1)N1CCOCC1. The van der Waals surface area contributed by atoms with Crippen LogP contribution in [0.4, 0.5) is 4.79 Å². The summed E-state index contributed by atoms with van der Waals surface area (Å²) in [4.78, 5) is 21.3. The van der Waals surface area contributed by atoms with Crippen molar-refractivity contribution in [3.63, 3.8) is 0 Å². The molecule has 1 aliphatic heterocycles. The first-order chi connectivity index (χ1) is 9.33. The molecule has 0 atom stereocenters. The number of urea groups is 1. The Morgan fingerprint density at radius 2 is 2.16 bits per heavy atom.